The molecular formula is C26H18FNO5. The van der Waals surface area contributed by atoms with Crippen LogP contribution in [-0.4, -0.2) is 11.9 Å². The lowest BCUT2D eigenvalue weighted by Gasteiger charge is -2.06. The molecule has 1 N–H and O–H groups in total. The van der Waals surface area contributed by atoms with Gasteiger partial charge in [-0.1, -0.05) is 42.5 Å². The van der Waals surface area contributed by atoms with E-state index in [1.165, 1.54) is 54.6 Å². The molecular weight excluding hydrogens is 425 g/mol. The number of halogens is 1. The molecule has 0 unspecified atom stereocenters. The van der Waals surface area contributed by atoms with Crippen molar-refractivity contribution in [1.29, 1.82) is 0 Å². The molecule has 0 atom stereocenters. The first-order valence-corrected chi connectivity index (χ1v) is 10.0. The molecule has 0 spiro atoms. The standard InChI is InChI=1S/C26H18FNO5/c27-20-10-6-17(7-11-20)8-13-24(29)32-21-12-9-19-14-22(26(31)33-23(19)15-21)25(30)28-16-18-4-2-1-3-5-18/h1-15H,16H2,(H,28,30)/b13-8+. The third-order valence-electron chi connectivity index (χ3n) is 4.75. The van der Waals surface area contributed by atoms with E-state index >= 15 is 0 Å². The fraction of sp³-hybridized carbons (Fsp3) is 0.0385. The summed E-state index contributed by atoms with van der Waals surface area (Å²) in [7, 11) is 0. The zero-order valence-electron chi connectivity index (χ0n) is 17.3. The topological polar surface area (TPSA) is 85.6 Å². The van der Waals surface area contributed by atoms with E-state index in [9.17, 15) is 18.8 Å². The highest BCUT2D eigenvalue weighted by Gasteiger charge is 2.14. The number of amides is 1. The average Bonchev–Trinajstić information content (AvgIpc) is 2.82. The number of ether oxygens (including phenoxy) is 1. The summed E-state index contributed by atoms with van der Waals surface area (Å²) in [6.07, 6.45) is 2.69. The van der Waals surface area contributed by atoms with E-state index in [1.54, 1.807) is 6.07 Å². The van der Waals surface area contributed by atoms with E-state index in [2.05, 4.69) is 5.32 Å². The van der Waals surface area contributed by atoms with Gasteiger partial charge >= 0.3 is 11.6 Å². The summed E-state index contributed by atoms with van der Waals surface area (Å²) >= 11 is 0. The number of nitrogens with one attached hydrogen (secondary N) is 1. The smallest absolute Gasteiger partial charge is 0.349 e. The molecule has 7 heteroatoms. The van der Waals surface area contributed by atoms with Gasteiger partial charge in [-0.05, 0) is 47.5 Å². The van der Waals surface area contributed by atoms with E-state index < -0.39 is 17.5 Å². The summed E-state index contributed by atoms with van der Waals surface area (Å²) in [6, 6.07) is 20.9. The number of rotatable bonds is 6. The Kier molecular flexibility index (Phi) is 6.40. The van der Waals surface area contributed by atoms with Gasteiger partial charge in [0.25, 0.3) is 5.91 Å². The maximum Gasteiger partial charge on any atom is 0.349 e. The van der Waals surface area contributed by atoms with Gasteiger partial charge in [0.2, 0.25) is 0 Å². The van der Waals surface area contributed by atoms with Gasteiger partial charge in [-0.15, -0.1) is 0 Å². The molecule has 1 amide bonds. The normalized spacial score (nSPS) is 10.9. The summed E-state index contributed by atoms with van der Waals surface area (Å²) in [6.45, 7) is 0.275. The molecule has 0 saturated carbocycles. The van der Waals surface area contributed by atoms with Gasteiger partial charge in [-0.3, -0.25) is 4.79 Å². The Morgan fingerprint density at radius 2 is 1.73 bits per heavy atom. The number of hydrogen-bond donors (Lipinski definition) is 1. The third-order valence-corrected chi connectivity index (χ3v) is 4.75. The van der Waals surface area contributed by atoms with Crippen LogP contribution in [0.1, 0.15) is 21.5 Å². The Hall–Kier alpha value is -4.52. The molecule has 4 rings (SSSR count). The van der Waals surface area contributed by atoms with E-state index in [0.29, 0.717) is 10.9 Å². The van der Waals surface area contributed by atoms with Crippen molar-refractivity contribution in [3.05, 3.63) is 118 Å². The minimum absolute atomic E-state index is 0.120. The van der Waals surface area contributed by atoms with Crippen LogP contribution in [0.2, 0.25) is 0 Å². The van der Waals surface area contributed by atoms with Crippen molar-refractivity contribution < 1.29 is 23.1 Å². The van der Waals surface area contributed by atoms with Crippen LogP contribution in [0.25, 0.3) is 17.0 Å². The summed E-state index contributed by atoms with van der Waals surface area (Å²) in [5, 5.41) is 3.19. The molecule has 0 aliphatic heterocycles. The zero-order valence-corrected chi connectivity index (χ0v) is 17.3. The molecule has 1 aromatic heterocycles. The number of fused-ring (bicyclic) bond motifs is 1. The Morgan fingerprint density at radius 1 is 0.970 bits per heavy atom. The molecule has 0 aliphatic carbocycles. The monoisotopic (exact) mass is 443 g/mol. The van der Waals surface area contributed by atoms with Crippen LogP contribution in [0.3, 0.4) is 0 Å². The summed E-state index contributed by atoms with van der Waals surface area (Å²) < 4.78 is 23.4. The predicted molar refractivity (Wildman–Crippen MR) is 121 cm³/mol. The van der Waals surface area contributed by atoms with Crippen LogP contribution in [0.15, 0.2) is 94.2 Å². The van der Waals surface area contributed by atoms with Gasteiger partial charge in [0.15, 0.2) is 0 Å². The number of benzene rings is 3. The minimum atomic E-state index is -0.798. The second-order valence-electron chi connectivity index (χ2n) is 7.12. The first-order chi connectivity index (χ1) is 16.0. The van der Waals surface area contributed by atoms with Crippen LogP contribution in [0, 0.1) is 5.82 Å². The molecule has 1 heterocycles. The number of hydrogen-bond acceptors (Lipinski definition) is 5. The van der Waals surface area contributed by atoms with Crippen molar-refractivity contribution in [2.45, 2.75) is 6.54 Å². The van der Waals surface area contributed by atoms with Gasteiger partial charge in [0, 0.05) is 24.1 Å². The fourth-order valence-corrected chi connectivity index (χ4v) is 3.08. The number of esters is 1. The van der Waals surface area contributed by atoms with E-state index in [-0.39, 0.29) is 29.3 Å². The number of carbonyl (C=O) groups excluding carboxylic acids is 2. The summed E-state index contributed by atoms with van der Waals surface area (Å²) in [4.78, 5) is 36.8. The maximum atomic E-state index is 12.9. The molecule has 4 aromatic rings. The van der Waals surface area contributed by atoms with Gasteiger partial charge in [-0.2, -0.15) is 0 Å². The van der Waals surface area contributed by atoms with Crippen LogP contribution < -0.4 is 15.7 Å². The van der Waals surface area contributed by atoms with E-state index in [1.807, 2.05) is 30.3 Å². The van der Waals surface area contributed by atoms with Gasteiger partial charge in [0.05, 0.1) is 0 Å². The highest BCUT2D eigenvalue weighted by Crippen LogP contribution is 2.21. The van der Waals surface area contributed by atoms with Crippen molar-refractivity contribution >= 4 is 28.9 Å². The highest BCUT2D eigenvalue weighted by molar-refractivity contribution is 5.97. The first-order valence-electron chi connectivity index (χ1n) is 10.0. The number of carbonyl (C=O) groups is 2. The minimum Gasteiger partial charge on any atom is -0.423 e. The van der Waals surface area contributed by atoms with Crippen molar-refractivity contribution in [3.63, 3.8) is 0 Å². The Bertz CT molecular complexity index is 1390. The second kappa shape index (κ2) is 9.74. The summed E-state index contributed by atoms with van der Waals surface area (Å²) in [5.41, 5.74) is 0.789. The Morgan fingerprint density at radius 3 is 2.48 bits per heavy atom. The van der Waals surface area contributed by atoms with Crippen molar-refractivity contribution in [1.82, 2.24) is 5.32 Å². The van der Waals surface area contributed by atoms with Crippen LogP contribution in [0.5, 0.6) is 5.75 Å². The summed E-state index contributed by atoms with van der Waals surface area (Å²) in [5.74, 6) is -1.40. The predicted octanol–water partition coefficient (Wildman–Crippen LogP) is 4.48. The largest absolute Gasteiger partial charge is 0.423 e. The molecule has 0 fully saturated rings. The zero-order chi connectivity index (χ0) is 23.2. The fourth-order valence-electron chi connectivity index (χ4n) is 3.08. The van der Waals surface area contributed by atoms with Crippen molar-refractivity contribution in [2.75, 3.05) is 0 Å². The molecule has 0 bridgehead atoms. The van der Waals surface area contributed by atoms with Gasteiger partial charge < -0.3 is 14.5 Å². The van der Waals surface area contributed by atoms with Gasteiger partial charge in [0.1, 0.15) is 22.7 Å². The second-order valence-corrected chi connectivity index (χ2v) is 7.12. The Labute approximate surface area is 187 Å². The van der Waals surface area contributed by atoms with Crippen molar-refractivity contribution in [3.8, 4) is 5.75 Å². The lowest BCUT2D eigenvalue weighted by Crippen LogP contribution is -2.27. The molecule has 6 nitrogen and oxygen atoms in total. The maximum absolute atomic E-state index is 12.9. The van der Waals surface area contributed by atoms with Gasteiger partial charge in [-0.25, -0.2) is 14.0 Å². The van der Waals surface area contributed by atoms with Crippen molar-refractivity contribution in [2.24, 2.45) is 0 Å². The molecule has 3 aromatic carbocycles. The van der Waals surface area contributed by atoms with Crippen LogP contribution in [0.4, 0.5) is 4.39 Å². The molecule has 0 radical (unpaired) electrons. The van der Waals surface area contributed by atoms with E-state index in [0.717, 1.165) is 5.56 Å². The quantitative estimate of drug-likeness (QED) is 0.206. The first kappa shape index (κ1) is 21.7. The molecule has 0 aliphatic rings. The SMILES string of the molecule is O=C(/C=C/c1ccc(F)cc1)Oc1ccc2cc(C(=O)NCc3ccccc3)c(=O)oc2c1. The highest BCUT2D eigenvalue weighted by atomic mass is 19.1. The lowest BCUT2D eigenvalue weighted by molar-refractivity contribution is -0.128. The molecule has 0 saturated heterocycles. The lowest BCUT2D eigenvalue weighted by atomic mass is 10.1. The van der Waals surface area contributed by atoms with E-state index in [4.69, 9.17) is 9.15 Å². The Balaban J connectivity index is 1.45. The van der Waals surface area contributed by atoms with Crippen LogP contribution >= 0.6 is 0 Å². The molecule has 33 heavy (non-hydrogen) atoms. The average molecular weight is 443 g/mol. The molecule has 164 valence electrons. The third kappa shape index (κ3) is 5.59. The van der Waals surface area contributed by atoms with Crippen LogP contribution in [-0.2, 0) is 11.3 Å².